The number of urea groups is 1. The average molecular weight is 332 g/mol. The molecule has 0 aliphatic heterocycles. The SMILES string of the molecule is CC(CO)N(C)C(=O)NCc1ccc(Oc2ccc(F)cc2)cc1. The molecule has 2 aromatic carbocycles. The van der Waals surface area contributed by atoms with E-state index in [9.17, 15) is 9.18 Å². The highest BCUT2D eigenvalue weighted by atomic mass is 19.1. The van der Waals surface area contributed by atoms with Gasteiger partial charge in [-0.3, -0.25) is 0 Å². The number of carbonyl (C=O) groups is 1. The first-order valence-corrected chi connectivity index (χ1v) is 7.63. The first-order valence-electron chi connectivity index (χ1n) is 7.63. The van der Waals surface area contributed by atoms with Gasteiger partial charge in [-0.15, -0.1) is 0 Å². The fourth-order valence-corrected chi connectivity index (χ4v) is 1.94. The summed E-state index contributed by atoms with van der Waals surface area (Å²) in [6, 6.07) is 12.5. The Balaban J connectivity index is 1.88. The van der Waals surface area contributed by atoms with Crippen molar-refractivity contribution in [3.05, 3.63) is 59.9 Å². The fourth-order valence-electron chi connectivity index (χ4n) is 1.94. The molecule has 1 atom stereocenters. The highest BCUT2D eigenvalue weighted by Gasteiger charge is 2.14. The number of benzene rings is 2. The third-order valence-electron chi connectivity index (χ3n) is 3.66. The minimum Gasteiger partial charge on any atom is -0.457 e. The number of aliphatic hydroxyl groups excluding tert-OH is 1. The molecule has 2 rings (SSSR count). The second-order valence-corrected chi connectivity index (χ2v) is 5.50. The second kappa shape index (κ2) is 8.31. The third kappa shape index (κ3) is 4.96. The van der Waals surface area contributed by atoms with Crippen LogP contribution in [0.2, 0.25) is 0 Å². The number of ether oxygens (including phenoxy) is 1. The summed E-state index contributed by atoms with van der Waals surface area (Å²) >= 11 is 0. The number of aliphatic hydroxyl groups is 1. The zero-order chi connectivity index (χ0) is 17.5. The van der Waals surface area contributed by atoms with Gasteiger partial charge >= 0.3 is 6.03 Å². The molecule has 0 fully saturated rings. The standard InChI is InChI=1S/C18H21FN2O3/c1-13(12-22)21(2)18(23)20-11-14-3-7-16(8-4-14)24-17-9-5-15(19)6-10-17/h3-10,13,22H,11-12H2,1-2H3,(H,20,23). The number of amides is 2. The van der Waals surface area contributed by atoms with Crippen LogP contribution in [0, 0.1) is 5.82 Å². The summed E-state index contributed by atoms with van der Waals surface area (Å²) in [5, 5.41) is 11.8. The predicted octanol–water partition coefficient (Wildman–Crippen LogP) is 3.14. The Morgan fingerprint density at radius 2 is 1.71 bits per heavy atom. The summed E-state index contributed by atoms with van der Waals surface area (Å²) in [5.41, 5.74) is 0.917. The molecule has 0 aromatic heterocycles. The first-order chi connectivity index (χ1) is 11.5. The molecule has 2 N–H and O–H groups in total. The molecule has 24 heavy (non-hydrogen) atoms. The van der Waals surface area contributed by atoms with Crippen LogP contribution in [0.1, 0.15) is 12.5 Å². The summed E-state index contributed by atoms with van der Waals surface area (Å²) < 4.78 is 18.5. The van der Waals surface area contributed by atoms with Crippen molar-refractivity contribution in [2.75, 3.05) is 13.7 Å². The van der Waals surface area contributed by atoms with Crippen LogP contribution in [0.15, 0.2) is 48.5 Å². The maximum absolute atomic E-state index is 12.9. The molecular formula is C18H21FN2O3. The molecule has 0 radical (unpaired) electrons. The van der Waals surface area contributed by atoms with Gasteiger partial charge in [-0.1, -0.05) is 12.1 Å². The molecule has 5 nitrogen and oxygen atoms in total. The smallest absolute Gasteiger partial charge is 0.317 e. The number of hydrogen-bond acceptors (Lipinski definition) is 3. The van der Waals surface area contributed by atoms with Gasteiger partial charge in [0.25, 0.3) is 0 Å². The van der Waals surface area contributed by atoms with Crippen molar-refractivity contribution in [3.63, 3.8) is 0 Å². The van der Waals surface area contributed by atoms with Crippen molar-refractivity contribution in [1.82, 2.24) is 10.2 Å². The topological polar surface area (TPSA) is 61.8 Å². The maximum atomic E-state index is 12.9. The Morgan fingerprint density at radius 3 is 2.25 bits per heavy atom. The summed E-state index contributed by atoms with van der Waals surface area (Å²) in [7, 11) is 1.63. The lowest BCUT2D eigenvalue weighted by Crippen LogP contribution is -2.43. The van der Waals surface area contributed by atoms with Gasteiger partial charge in [-0.2, -0.15) is 0 Å². The van der Waals surface area contributed by atoms with Crippen molar-refractivity contribution in [2.45, 2.75) is 19.5 Å². The molecule has 0 bridgehead atoms. The van der Waals surface area contributed by atoms with E-state index >= 15 is 0 Å². The second-order valence-electron chi connectivity index (χ2n) is 5.50. The lowest BCUT2D eigenvalue weighted by Gasteiger charge is -2.23. The number of nitrogens with zero attached hydrogens (tertiary/aromatic N) is 1. The number of carbonyl (C=O) groups excluding carboxylic acids is 1. The van der Waals surface area contributed by atoms with Crippen molar-refractivity contribution < 1.29 is 19.0 Å². The lowest BCUT2D eigenvalue weighted by atomic mass is 10.2. The van der Waals surface area contributed by atoms with Crippen LogP contribution in [-0.4, -0.2) is 35.7 Å². The minimum absolute atomic E-state index is 0.0840. The lowest BCUT2D eigenvalue weighted by molar-refractivity contribution is 0.157. The van der Waals surface area contributed by atoms with Crippen molar-refractivity contribution in [1.29, 1.82) is 0 Å². The molecule has 2 amide bonds. The number of hydrogen-bond donors (Lipinski definition) is 2. The molecular weight excluding hydrogens is 311 g/mol. The molecule has 0 heterocycles. The van der Waals surface area contributed by atoms with Gasteiger partial charge in [0.15, 0.2) is 0 Å². The third-order valence-corrected chi connectivity index (χ3v) is 3.66. The van der Waals surface area contributed by atoms with Crippen LogP contribution < -0.4 is 10.1 Å². The Kier molecular flexibility index (Phi) is 6.14. The molecule has 0 spiro atoms. The number of nitrogens with one attached hydrogen (secondary N) is 1. The zero-order valence-electron chi connectivity index (χ0n) is 13.7. The first kappa shape index (κ1) is 17.7. The highest BCUT2D eigenvalue weighted by molar-refractivity contribution is 5.74. The largest absolute Gasteiger partial charge is 0.457 e. The number of likely N-dealkylation sites (N-methyl/N-ethyl adjacent to an activating group) is 1. The zero-order valence-corrected chi connectivity index (χ0v) is 13.7. The highest BCUT2D eigenvalue weighted by Crippen LogP contribution is 2.21. The van der Waals surface area contributed by atoms with E-state index in [1.807, 2.05) is 12.1 Å². The molecule has 1 unspecified atom stereocenters. The van der Waals surface area contributed by atoms with Crippen LogP contribution in [0.3, 0.4) is 0 Å². The quantitative estimate of drug-likeness (QED) is 0.854. The summed E-state index contributed by atoms with van der Waals surface area (Å²) in [6.45, 7) is 2.05. The fraction of sp³-hybridized carbons (Fsp3) is 0.278. The van der Waals surface area contributed by atoms with E-state index in [1.54, 1.807) is 38.2 Å². The predicted molar refractivity (Wildman–Crippen MR) is 89.5 cm³/mol. The van der Waals surface area contributed by atoms with Crippen LogP contribution in [0.25, 0.3) is 0 Å². The molecule has 0 aliphatic rings. The van der Waals surface area contributed by atoms with E-state index < -0.39 is 0 Å². The van der Waals surface area contributed by atoms with E-state index in [0.29, 0.717) is 18.0 Å². The molecule has 2 aromatic rings. The Hall–Kier alpha value is -2.60. The Morgan fingerprint density at radius 1 is 1.17 bits per heavy atom. The molecule has 0 saturated heterocycles. The molecule has 6 heteroatoms. The normalized spacial score (nSPS) is 11.7. The minimum atomic E-state index is -0.311. The van der Waals surface area contributed by atoms with E-state index in [-0.39, 0.29) is 24.5 Å². The number of halogens is 1. The van der Waals surface area contributed by atoms with E-state index in [1.165, 1.54) is 17.0 Å². The van der Waals surface area contributed by atoms with Crippen LogP contribution in [0.5, 0.6) is 11.5 Å². The monoisotopic (exact) mass is 332 g/mol. The van der Waals surface area contributed by atoms with Crippen LogP contribution >= 0.6 is 0 Å². The van der Waals surface area contributed by atoms with Crippen molar-refractivity contribution >= 4 is 6.03 Å². The van der Waals surface area contributed by atoms with E-state index in [0.717, 1.165) is 5.56 Å². The van der Waals surface area contributed by atoms with Crippen LogP contribution in [0.4, 0.5) is 9.18 Å². The van der Waals surface area contributed by atoms with Gasteiger partial charge in [-0.25, -0.2) is 9.18 Å². The number of rotatable bonds is 6. The van der Waals surface area contributed by atoms with Crippen LogP contribution in [-0.2, 0) is 6.54 Å². The summed E-state index contributed by atoms with van der Waals surface area (Å²) in [6.07, 6.45) is 0. The van der Waals surface area contributed by atoms with Gasteiger partial charge < -0.3 is 20.1 Å². The van der Waals surface area contributed by atoms with E-state index in [4.69, 9.17) is 9.84 Å². The molecule has 0 aliphatic carbocycles. The van der Waals surface area contributed by atoms with Crippen molar-refractivity contribution in [3.8, 4) is 11.5 Å². The van der Waals surface area contributed by atoms with Crippen molar-refractivity contribution in [2.24, 2.45) is 0 Å². The Labute approximate surface area is 140 Å². The maximum Gasteiger partial charge on any atom is 0.317 e. The summed E-state index contributed by atoms with van der Waals surface area (Å²) in [4.78, 5) is 13.4. The Bertz CT molecular complexity index is 659. The van der Waals surface area contributed by atoms with Gasteiger partial charge in [0.2, 0.25) is 0 Å². The van der Waals surface area contributed by atoms with Gasteiger partial charge in [0, 0.05) is 13.6 Å². The van der Waals surface area contributed by atoms with Gasteiger partial charge in [-0.05, 0) is 48.9 Å². The van der Waals surface area contributed by atoms with Gasteiger partial charge in [0.1, 0.15) is 17.3 Å². The molecule has 128 valence electrons. The molecule has 0 saturated carbocycles. The van der Waals surface area contributed by atoms with Gasteiger partial charge in [0.05, 0.1) is 12.6 Å². The average Bonchev–Trinajstić information content (AvgIpc) is 2.61. The summed E-state index contributed by atoms with van der Waals surface area (Å²) in [5.74, 6) is 0.869. The van der Waals surface area contributed by atoms with E-state index in [2.05, 4.69) is 5.32 Å².